The van der Waals surface area contributed by atoms with E-state index in [1.165, 1.54) is 0 Å². The van der Waals surface area contributed by atoms with Gasteiger partial charge in [-0.3, -0.25) is 0 Å². The molecule has 7 heavy (non-hydrogen) atoms. The molecule has 0 aromatic rings. The Kier molecular flexibility index (Phi) is 1.20. The van der Waals surface area contributed by atoms with Crippen LogP contribution < -0.4 is 0 Å². The molecule has 1 rings (SSSR count). The molecular formula is C5H9NO. The average Bonchev–Trinajstić information content (AvgIpc) is 2.14. The maximum Gasteiger partial charge on any atom is 0.160 e. The number of ether oxygens (including phenoxy) is 1. The first-order valence-corrected chi connectivity index (χ1v) is 2.46. The second-order valence-electron chi connectivity index (χ2n) is 1.49. The van der Waals surface area contributed by atoms with Gasteiger partial charge < -0.3 is 9.64 Å². The highest BCUT2D eigenvalue weighted by Gasteiger charge is 1.97. The molecule has 0 saturated carbocycles. The molecule has 0 atom stereocenters. The Hall–Kier alpha value is -0.660. The van der Waals surface area contributed by atoms with Crippen LogP contribution in [0.1, 0.15) is 6.92 Å². The largest absolute Gasteiger partial charge is 0.479 e. The molecule has 1 heterocycles. The van der Waals surface area contributed by atoms with Crippen LogP contribution in [0.4, 0.5) is 0 Å². The summed E-state index contributed by atoms with van der Waals surface area (Å²) in [5.74, 6) is 0. The van der Waals surface area contributed by atoms with E-state index in [9.17, 15) is 0 Å². The normalized spacial score (nSPS) is 17.6. The van der Waals surface area contributed by atoms with Crippen LogP contribution in [0.15, 0.2) is 12.5 Å². The summed E-state index contributed by atoms with van der Waals surface area (Å²) in [5, 5.41) is 0. The summed E-state index contributed by atoms with van der Waals surface area (Å²) in [6, 6.07) is 0. The molecule has 0 saturated heterocycles. The topological polar surface area (TPSA) is 12.5 Å². The molecule has 2 heteroatoms. The molecule has 0 fully saturated rings. The van der Waals surface area contributed by atoms with Gasteiger partial charge in [0, 0.05) is 12.7 Å². The molecule has 0 N–H and O–H groups in total. The van der Waals surface area contributed by atoms with Gasteiger partial charge in [0.05, 0.1) is 0 Å². The molecule has 0 aromatic heterocycles. The Balaban J connectivity index is 2.28. The van der Waals surface area contributed by atoms with E-state index in [1.54, 1.807) is 6.26 Å². The first-order chi connectivity index (χ1) is 3.43. The third kappa shape index (κ3) is 0.856. The van der Waals surface area contributed by atoms with E-state index in [1.807, 2.05) is 6.20 Å². The zero-order chi connectivity index (χ0) is 5.11. The van der Waals surface area contributed by atoms with Gasteiger partial charge in [-0.25, -0.2) is 0 Å². The first kappa shape index (κ1) is 4.50. The van der Waals surface area contributed by atoms with Crippen molar-refractivity contribution in [1.29, 1.82) is 0 Å². The van der Waals surface area contributed by atoms with Crippen LogP contribution in [-0.2, 0) is 4.74 Å². The van der Waals surface area contributed by atoms with E-state index in [-0.39, 0.29) is 0 Å². The van der Waals surface area contributed by atoms with Crippen molar-refractivity contribution in [1.82, 2.24) is 4.90 Å². The van der Waals surface area contributed by atoms with E-state index >= 15 is 0 Å². The summed E-state index contributed by atoms with van der Waals surface area (Å²) in [4.78, 5) is 2.08. The van der Waals surface area contributed by atoms with Crippen LogP contribution in [0.25, 0.3) is 0 Å². The van der Waals surface area contributed by atoms with Crippen molar-refractivity contribution in [3.05, 3.63) is 12.5 Å². The molecular weight excluding hydrogens is 90.1 g/mol. The highest BCUT2D eigenvalue weighted by Crippen LogP contribution is 1.97. The van der Waals surface area contributed by atoms with Crippen molar-refractivity contribution in [2.24, 2.45) is 0 Å². The van der Waals surface area contributed by atoms with Crippen molar-refractivity contribution in [3.63, 3.8) is 0 Å². The van der Waals surface area contributed by atoms with Crippen LogP contribution in [0.5, 0.6) is 0 Å². The summed E-state index contributed by atoms with van der Waals surface area (Å²) >= 11 is 0. The van der Waals surface area contributed by atoms with Gasteiger partial charge in [-0.15, -0.1) is 0 Å². The molecule has 0 unspecified atom stereocenters. The minimum absolute atomic E-state index is 0.733. The van der Waals surface area contributed by atoms with Crippen molar-refractivity contribution in [3.8, 4) is 0 Å². The van der Waals surface area contributed by atoms with E-state index in [4.69, 9.17) is 4.74 Å². The quantitative estimate of drug-likeness (QED) is 0.481. The van der Waals surface area contributed by atoms with Gasteiger partial charge in [0.2, 0.25) is 0 Å². The van der Waals surface area contributed by atoms with E-state index < -0.39 is 0 Å². The summed E-state index contributed by atoms with van der Waals surface area (Å²) in [5.41, 5.74) is 0. The maximum absolute atomic E-state index is 4.89. The Morgan fingerprint density at radius 1 is 1.86 bits per heavy atom. The van der Waals surface area contributed by atoms with Crippen molar-refractivity contribution in [2.75, 3.05) is 13.3 Å². The number of rotatable bonds is 1. The summed E-state index contributed by atoms with van der Waals surface area (Å²) < 4.78 is 4.89. The molecule has 1 aliphatic rings. The van der Waals surface area contributed by atoms with Crippen molar-refractivity contribution in [2.45, 2.75) is 6.92 Å². The lowest BCUT2D eigenvalue weighted by molar-refractivity contribution is 0.176. The standard InChI is InChI=1S/C5H9NO/c1-2-6-3-4-7-5-6/h3-4H,2,5H2,1H3. The van der Waals surface area contributed by atoms with Gasteiger partial charge >= 0.3 is 0 Å². The zero-order valence-corrected chi connectivity index (χ0v) is 4.42. The Morgan fingerprint density at radius 3 is 3.00 bits per heavy atom. The second kappa shape index (κ2) is 1.87. The van der Waals surface area contributed by atoms with Crippen LogP contribution in [0.2, 0.25) is 0 Å². The molecule has 0 aromatic carbocycles. The highest BCUT2D eigenvalue weighted by molar-refractivity contribution is 4.78. The Bertz CT molecular complexity index is 80.1. The fourth-order valence-electron chi connectivity index (χ4n) is 0.508. The van der Waals surface area contributed by atoms with Crippen LogP contribution >= 0.6 is 0 Å². The second-order valence-corrected chi connectivity index (χ2v) is 1.49. The van der Waals surface area contributed by atoms with Gasteiger partial charge in [0.1, 0.15) is 6.26 Å². The van der Waals surface area contributed by atoms with Gasteiger partial charge in [-0.2, -0.15) is 0 Å². The number of hydrogen-bond acceptors (Lipinski definition) is 2. The van der Waals surface area contributed by atoms with E-state index in [0.717, 1.165) is 13.3 Å². The first-order valence-electron chi connectivity index (χ1n) is 2.46. The average molecular weight is 99.1 g/mol. The van der Waals surface area contributed by atoms with Crippen molar-refractivity contribution < 1.29 is 4.74 Å². The summed E-state index contributed by atoms with van der Waals surface area (Å²) in [6.45, 7) is 3.87. The molecule has 0 bridgehead atoms. The van der Waals surface area contributed by atoms with Crippen LogP contribution in [0, 0.1) is 0 Å². The predicted octanol–water partition coefficient (Wildman–Crippen LogP) is 0.767. The summed E-state index contributed by atoms with van der Waals surface area (Å²) in [7, 11) is 0. The smallest absolute Gasteiger partial charge is 0.160 e. The highest BCUT2D eigenvalue weighted by atomic mass is 16.5. The molecule has 0 aliphatic carbocycles. The fraction of sp³-hybridized carbons (Fsp3) is 0.600. The molecule has 0 radical (unpaired) electrons. The minimum atomic E-state index is 0.733. The molecule has 2 nitrogen and oxygen atoms in total. The van der Waals surface area contributed by atoms with Gasteiger partial charge in [0.15, 0.2) is 6.73 Å². The Labute approximate surface area is 43.4 Å². The zero-order valence-electron chi connectivity index (χ0n) is 4.42. The molecule has 1 aliphatic heterocycles. The van der Waals surface area contributed by atoms with Crippen molar-refractivity contribution >= 4 is 0 Å². The SMILES string of the molecule is CCN1C=COC1. The third-order valence-corrected chi connectivity index (χ3v) is 1.01. The number of hydrogen-bond donors (Lipinski definition) is 0. The monoisotopic (exact) mass is 99.1 g/mol. The molecule has 0 amide bonds. The third-order valence-electron chi connectivity index (χ3n) is 1.01. The van der Waals surface area contributed by atoms with Gasteiger partial charge in [-0.05, 0) is 6.92 Å². The van der Waals surface area contributed by atoms with E-state index in [0.29, 0.717) is 0 Å². The lowest BCUT2D eigenvalue weighted by Crippen LogP contribution is -2.13. The molecule has 0 spiro atoms. The van der Waals surface area contributed by atoms with E-state index in [2.05, 4.69) is 11.8 Å². The lowest BCUT2D eigenvalue weighted by atomic mass is 10.7. The Morgan fingerprint density at radius 2 is 2.71 bits per heavy atom. The van der Waals surface area contributed by atoms with Crippen LogP contribution in [0.3, 0.4) is 0 Å². The maximum atomic E-state index is 4.89. The van der Waals surface area contributed by atoms with Crippen LogP contribution in [-0.4, -0.2) is 18.2 Å². The van der Waals surface area contributed by atoms with Gasteiger partial charge in [0.25, 0.3) is 0 Å². The number of nitrogens with zero attached hydrogens (tertiary/aromatic N) is 1. The summed E-state index contributed by atoms with van der Waals surface area (Å²) in [6.07, 6.45) is 3.66. The minimum Gasteiger partial charge on any atom is -0.479 e. The molecule has 40 valence electrons. The predicted molar refractivity (Wildman–Crippen MR) is 27.5 cm³/mol. The van der Waals surface area contributed by atoms with Gasteiger partial charge in [-0.1, -0.05) is 0 Å². The lowest BCUT2D eigenvalue weighted by Gasteiger charge is -2.07. The fourth-order valence-corrected chi connectivity index (χ4v) is 0.508.